The summed E-state index contributed by atoms with van der Waals surface area (Å²) in [6, 6.07) is 9.59. The Balaban J connectivity index is 2.04. The average Bonchev–Trinajstić information content (AvgIpc) is 2.67. The van der Waals surface area contributed by atoms with Gasteiger partial charge in [0.2, 0.25) is 0 Å². The van der Waals surface area contributed by atoms with Crippen molar-refractivity contribution < 1.29 is 13.0 Å². The van der Waals surface area contributed by atoms with Crippen molar-refractivity contribution in [3.8, 4) is 0 Å². The zero-order valence-corrected chi connectivity index (χ0v) is 18.7. The summed E-state index contributed by atoms with van der Waals surface area (Å²) in [6.07, 6.45) is 19.1. The minimum absolute atomic E-state index is 0.166. The van der Waals surface area contributed by atoms with Gasteiger partial charge in [-0.15, -0.1) is 0 Å². The number of hydrogen-bond acceptors (Lipinski definition) is 3. The lowest BCUT2D eigenvalue weighted by Crippen LogP contribution is -2.14. The summed E-state index contributed by atoms with van der Waals surface area (Å²) >= 11 is 0. The van der Waals surface area contributed by atoms with Crippen LogP contribution in [0.4, 0.5) is 0 Å². The maximum Gasteiger partial charge on any atom is 0.0951 e. The summed E-state index contributed by atoms with van der Waals surface area (Å²) in [5.41, 5.74) is 0.969. The smallest absolute Gasteiger partial charge is 0.0951 e. The highest BCUT2D eigenvalue weighted by Crippen LogP contribution is 2.24. The van der Waals surface area contributed by atoms with E-state index in [2.05, 4.69) is 6.92 Å². The Morgan fingerprint density at radius 1 is 0.714 bits per heavy atom. The van der Waals surface area contributed by atoms with Crippen LogP contribution in [0.2, 0.25) is 0 Å². The molecule has 1 aromatic rings. The highest BCUT2D eigenvalue weighted by molar-refractivity contribution is 7.85. The second-order valence-electron chi connectivity index (χ2n) is 8.22. The maximum absolute atomic E-state index is 11.2. The molecule has 1 aromatic carbocycles. The molecule has 0 saturated heterocycles. The molecule has 0 saturated carbocycles. The first kappa shape index (κ1) is 25.2. The van der Waals surface area contributed by atoms with Crippen LogP contribution < -0.4 is 0 Å². The Bertz CT molecular complexity index is 569. The van der Waals surface area contributed by atoms with Crippen molar-refractivity contribution >= 4 is 10.1 Å². The maximum atomic E-state index is 11.2. The van der Waals surface area contributed by atoms with Crippen molar-refractivity contribution in [2.45, 2.75) is 109 Å². The van der Waals surface area contributed by atoms with Gasteiger partial charge in [-0.05, 0) is 17.9 Å². The van der Waals surface area contributed by atoms with E-state index in [9.17, 15) is 13.0 Å². The molecule has 3 nitrogen and oxygen atoms in total. The fraction of sp³-hybridized carbons (Fsp3) is 0.750. The number of hydrogen-bond donors (Lipinski definition) is 0. The molecule has 0 aliphatic heterocycles. The van der Waals surface area contributed by atoms with Gasteiger partial charge in [-0.3, -0.25) is 0 Å². The molecule has 4 heteroatoms. The van der Waals surface area contributed by atoms with Crippen molar-refractivity contribution in [2.24, 2.45) is 0 Å². The lowest BCUT2D eigenvalue weighted by atomic mass is 9.94. The molecule has 0 fully saturated rings. The Morgan fingerprint density at radius 2 is 1.14 bits per heavy atom. The van der Waals surface area contributed by atoms with Crippen molar-refractivity contribution in [1.29, 1.82) is 0 Å². The van der Waals surface area contributed by atoms with Crippen molar-refractivity contribution in [3.05, 3.63) is 35.9 Å². The second-order valence-corrected chi connectivity index (χ2v) is 9.67. The van der Waals surface area contributed by atoms with E-state index in [-0.39, 0.29) is 11.7 Å². The predicted molar refractivity (Wildman–Crippen MR) is 119 cm³/mol. The molecule has 0 aliphatic carbocycles. The van der Waals surface area contributed by atoms with Gasteiger partial charge in [0, 0.05) is 5.75 Å². The van der Waals surface area contributed by atoms with Gasteiger partial charge in [-0.1, -0.05) is 127 Å². The quantitative estimate of drug-likeness (QED) is 0.190. The Labute approximate surface area is 174 Å². The van der Waals surface area contributed by atoms with E-state index in [1.807, 2.05) is 30.3 Å². The Kier molecular flexibility index (Phi) is 14.4. The first-order chi connectivity index (χ1) is 13.5. The summed E-state index contributed by atoms with van der Waals surface area (Å²) in [6.45, 7) is 2.26. The SMILES string of the molecule is CCCCCCCCCCCCCCCCC(CS(=O)(=O)[O-])c1ccccc1. The van der Waals surface area contributed by atoms with Crippen LogP contribution in [0.15, 0.2) is 30.3 Å². The van der Waals surface area contributed by atoms with Crippen molar-refractivity contribution in [2.75, 3.05) is 5.75 Å². The molecule has 0 amide bonds. The van der Waals surface area contributed by atoms with Crippen molar-refractivity contribution in [3.63, 3.8) is 0 Å². The fourth-order valence-corrected chi connectivity index (χ4v) is 4.76. The topological polar surface area (TPSA) is 57.2 Å². The molecule has 1 atom stereocenters. The zero-order valence-electron chi connectivity index (χ0n) is 17.9. The molecule has 0 aliphatic rings. The largest absolute Gasteiger partial charge is 0.748 e. The van der Waals surface area contributed by atoms with Crippen LogP contribution in [0, 0.1) is 0 Å². The summed E-state index contributed by atoms with van der Waals surface area (Å²) in [7, 11) is -4.19. The van der Waals surface area contributed by atoms with Gasteiger partial charge in [0.15, 0.2) is 0 Å². The third-order valence-corrected chi connectivity index (χ3v) is 6.39. The molecule has 0 bridgehead atoms. The van der Waals surface area contributed by atoms with Gasteiger partial charge >= 0.3 is 0 Å². The van der Waals surface area contributed by atoms with Gasteiger partial charge in [0.25, 0.3) is 0 Å². The third-order valence-electron chi connectivity index (χ3n) is 5.58. The lowest BCUT2D eigenvalue weighted by Gasteiger charge is -2.19. The van der Waals surface area contributed by atoms with Crippen LogP contribution in [0.5, 0.6) is 0 Å². The van der Waals surface area contributed by atoms with E-state index in [1.165, 1.54) is 77.0 Å². The molecule has 0 heterocycles. The van der Waals surface area contributed by atoms with E-state index in [1.54, 1.807) is 0 Å². The lowest BCUT2D eigenvalue weighted by molar-refractivity contribution is 0.452. The molecule has 0 aromatic heterocycles. The standard InChI is InChI=1S/C24H42O3S/c1-2-3-4-5-6-7-8-9-10-11-12-13-14-16-21-24(22-28(25,26)27)23-19-17-15-18-20-23/h15,17-20,24H,2-14,16,21-22H2,1H3,(H,25,26,27)/p-1. The summed E-state index contributed by atoms with van der Waals surface area (Å²) in [4.78, 5) is 0. The predicted octanol–water partition coefficient (Wildman–Crippen LogP) is 7.19. The first-order valence-electron chi connectivity index (χ1n) is 11.5. The van der Waals surface area contributed by atoms with Crippen LogP contribution in [0.1, 0.15) is 115 Å². The van der Waals surface area contributed by atoms with Crippen LogP contribution in [-0.2, 0) is 10.1 Å². The molecule has 0 spiro atoms. The van der Waals surface area contributed by atoms with Crippen LogP contribution in [-0.4, -0.2) is 18.7 Å². The van der Waals surface area contributed by atoms with E-state index in [0.717, 1.165) is 24.8 Å². The normalized spacial score (nSPS) is 12.9. The fourth-order valence-electron chi connectivity index (χ4n) is 3.90. The summed E-state index contributed by atoms with van der Waals surface area (Å²) in [5.74, 6) is -0.448. The number of rotatable bonds is 18. The van der Waals surface area contributed by atoms with Crippen LogP contribution >= 0.6 is 0 Å². The molecule has 162 valence electrons. The van der Waals surface area contributed by atoms with E-state index in [0.29, 0.717) is 0 Å². The highest BCUT2D eigenvalue weighted by atomic mass is 32.2. The van der Waals surface area contributed by atoms with Crippen LogP contribution in [0.3, 0.4) is 0 Å². The average molecular weight is 410 g/mol. The zero-order chi connectivity index (χ0) is 20.5. The minimum atomic E-state index is -4.19. The molecule has 0 N–H and O–H groups in total. The third kappa shape index (κ3) is 14.2. The second kappa shape index (κ2) is 16.0. The Morgan fingerprint density at radius 3 is 1.57 bits per heavy atom. The van der Waals surface area contributed by atoms with Gasteiger partial charge in [-0.2, -0.15) is 0 Å². The Hall–Kier alpha value is -0.870. The minimum Gasteiger partial charge on any atom is -0.748 e. The molecule has 1 rings (SSSR count). The van der Waals surface area contributed by atoms with Crippen LogP contribution in [0.25, 0.3) is 0 Å². The van der Waals surface area contributed by atoms with E-state index in [4.69, 9.17) is 0 Å². The van der Waals surface area contributed by atoms with E-state index >= 15 is 0 Å². The number of benzene rings is 1. The van der Waals surface area contributed by atoms with E-state index < -0.39 is 10.1 Å². The molecule has 1 unspecified atom stereocenters. The monoisotopic (exact) mass is 409 g/mol. The van der Waals surface area contributed by atoms with Gasteiger partial charge in [0.05, 0.1) is 10.1 Å². The van der Waals surface area contributed by atoms with Gasteiger partial charge in [-0.25, -0.2) is 8.42 Å². The highest BCUT2D eigenvalue weighted by Gasteiger charge is 2.14. The molecule has 0 radical (unpaired) electrons. The molecular formula is C24H41O3S-. The number of unbranched alkanes of at least 4 members (excludes halogenated alkanes) is 13. The van der Waals surface area contributed by atoms with Gasteiger partial charge < -0.3 is 4.55 Å². The molecular weight excluding hydrogens is 368 g/mol. The van der Waals surface area contributed by atoms with Gasteiger partial charge in [0.1, 0.15) is 0 Å². The van der Waals surface area contributed by atoms with Crippen molar-refractivity contribution in [1.82, 2.24) is 0 Å². The summed E-state index contributed by atoms with van der Waals surface area (Å²) < 4.78 is 33.6. The first-order valence-corrected chi connectivity index (χ1v) is 13.1. The summed E-state index contributed by atoms with van der Waals surface area (Å²) in [5, 5.41) is 0. The molecule has 28 heavy (non-hydrogen) atoms.